The molecule has 0 spiro atoms. The molecule has 0 bridgehead atoms. The second-order valence-corrected chi connectivity index (χ2v) is 3.45. The molecule has 0 aliphatic rings. The van der Waals surface area contributed by atoms with E-state index in [0.29, 0.717) is 5.56 Å². The summed E-state index contributed by atoms with van der Waals surface area (Å²) >= 11 is 0. The quantitative estimate of drug-likeness (QED) is 0.789. The van der Waals surface area contributed by atoms with E-state index in [1.54, 1.807) is 18.0 Å². The van der Waals surface area contributed by atoms with E-state index in [9.17, 15) is 4.79 Å². The van der Waals surface area contributed by atoms with Crippen molar-refractivity contribution in [2.24, 2.45) is 5.73 Å². The van der Waals surface area contributed by atoms with E-state index in [4.69, 9.17) is 11.0 Å². The van der Waals surface area contributed by atoms with Crippen LogP contribution in [0, 0.1) is 18.3 Å². The molecule has 15 heavy (non-hydrogen) atoms. The van der Waals surface area contributed by atoms with Gasteiger partial charge in [-0.3, -0.25) is 4.79 Å². The van der Waals surface area contributed by atoms with Crippen molar-refractivity contribution in [3.63, 3.8) is 0 Å². The van der Waals surface area contributed by atoms with Gasteiger partial charge in [0.05, 0.1) is 17.8 Å². The number of nitrogens with two attached hydrogens (primary N) is 1. The minimum absolute atomic E-state index is 0.109. The molecule has 0 fully saturated rings. The molecule has 1 aromatic carbocycles. The maximum absolute atomic E-state index is 10.8. The van der Waals surface area contributed by atoms with Gasteiger partial charge in [0.2, 0.25) is 5.91 Å². The van der Waals surface area contributed by atoms with Gasteiger partial charge < -0.3 is 10.6 Å². The van der Waals surface area contributed by atoms with Gasteiger partial charge in [-0.15, -0.1) is 0 Å². The van der Waals surface area contributed by atoms with Gasteiger partial charge in [0.15, 0.2) is 0 Å². The number of hydrogen-bond acceptors (Lipinski definition) is 3. The summed E-state index contributed by atoms with van der Waals surface area (Å²) in [6.45, 7) is 2.04. The van der Waals surface area contributed by atoms with Crippen molar-refractivity contribution >= 4 is 11.6 Å². The molecule has 0 aliphatic carbocycles. The Balaban J connectivity index is 3.06. The van der Waals surface area contributed by atoms with Crippen LogP contribution in [-0.4, -0.2) is 19.5 Å². The number of nitriles is 1. The van der Waals surface area contributed by atoms with E-state index in [1.807, 2.05) is 19.1 Å². The summed E-state index contributed by atoms with van der Waals surface area (Å²) in [5.74, 6) is -0.414. The first-order valence-electron chi connectivity index (χ1n) is 4.55. The van der Waals surface area contributed by atoms with Gasteiger partial charge in [-0.1, -0.05) is 6.07 Å². The lowest BCUT2D eigenvalue weighted by Crippen LogP contribution is -2.31. The van der Waals surface area contributed by atoms with E-state index >= 15 is 0 Å². The molecule has 1 amide bonds. The van der Waals surface area contributed by atoms with Crippen LogP contribution in [0.2, 0.25) is 0 Å². The van der Waals surface area contributed by atoms with Crippen LogP contribution < -0.4 is 10.6 Å². The third kappa shape index (κ3) is 2.71. The zero-order valence-corrected chi connectivity index (χ0v) is 8.82. The van der Waals surface area contributed by atoms with Crippen LogP contribution in [0.15, 0.2) is 18.2 Å². The van der Waals surface area contributed by atoms with E-state index in [2.05, 4.69) is 6.07 Å². The zero-order valence-electron chi connectivity index (χ0n) is 8.82. The first-order valence-corrected chi connectivity index (χ1v) is 4.55. The van der Waals surface area contributed by atoms with Gasteiger partial charge in [0, 0.05) is 7.05 Å². The Kier molecular flexibility index (Phi) is 3.29. The van der Waals surface area contributed by atoms with Crippen molar-refractivity contribution in [1.29, 1.82) is 5.26 Å². The van der Waals surface area contributed by atoms with E-state index in [1.165, 1.54) is 0 Å². The maximum atomic E-state index is 10.8. The van der Waals surface area contributed by atoms with Crippen LogP contribution in [0.25, 0.3) is 0 Å². The fourth-order valence-corrected chi connectivity index (χ4v) is 1.37. The monoisotopic (exact) mass is 203 g/mol. The van der Waals surface area contributed by atoms with Gasteiger partial charge >= 0.3 is 0 Å². The number of rotatable bonds is 3. The Hall–Kier alpha value is -2.02. The molecule has 1 aromatic rings. The molecule has 0 unspecified atom stereocenters. The predicted octanol–water partition coefficient (Wildman–Crippen LogP) is 0.788. The average molecular weight is 203 g/mol. The topological polar surface area (TPSA) is 70.1 Å². The number of carbonyl (C=O) groups excluding carboxylic acids is 1. The smallest absolute Gasteiger partial charge is 0.236 e. The van der Waals surface area contributed by atoms with Crippen molar-refractivity contribution in [2.75, 3.05) is 18.5 Å². The molecular formula is C11H13N3O. The Labute approximate surface area is 88.9 Å². The second-order valence-electron chi connectivity index (χ2n) is 3.45. The van der Waals surface area contributed by atoms with E-state index in [0.717, 1.165) is 11.3 Å². The van der Waals surface area contributed by atoms with Gasteiger partial charge in [-0.2, -0.15) is 5.26 Å². The highest BCUT2D eigenvalue weighted by molar-refractivity contribution is 5.80. The number of carbonyl (C=O) groups is 1. The van der Waals surface area contributed by atoms with Crippen molar-refractivity contribution in [3.05, 3.63) is 29.3 Å². The number of likely N-dealkylation sites (N-methyl/N-ethyl adjacent to an activating group) is 1. The standard InChI is InChI=1S/C11H13N3O/c1-8-3-4-9(6-12)10(5-8)14(2)7-11(13)15/h3-5H,7H2,1-2H3,(H2,13,15). The SMILES string of the molecule is Cc1ccc(C#N)c(N(C)CC(N)=O)c1. The van der Waals surface area contributed by atoms with E-state index < -0.39 is 5.91 Å². The summed E-state index contributed by atoms with van der Waals surface area (Å²) in [7, 11) is 1.74. The Morgan fingerprint density at radius 1 is 1.60 bits per heavy atom. The van der Waals surface area contributed by atoms with Crippen LogP contribution >= 0.6 is 0 Å². The van der Waals surface area contributed by atoms with Gasteiger partial charge in [-0.05, 0) is 24.6 Å². The molecule has 2 N–H and O–H groups in total. The van der Waals surface area contributed by atoms with Crippen molar-refractivity contribution in [3.8, 4) is 6.07 Å². The Morgan fingerprint density at radius 2 is 2.27 bits per heavy atom. The predicted molar refractivity (Wildman–Crippen MR) is 58.4 cm³/mol. The lowest BCUT2D eigenvalue weighted by atomic mass is 10.1. The maximum Gasteiger partial charge on any atom is 0.236 e. The molecule has 0 aromatic heterocycles. The zero-order chi connectivity index (χ0) is 11.4. The molecule has 1 rings (SSSR count). The molecule has 0 aliphatic heterocycles. The Bertz CT molecular complexity index is 420. The molecule has 4 nitrogen and oxygen atoms in total. The fourth-order valence-electron chi connectivity index (χ4n) is 1.37. The summed E-state index contributed by atoms with van der Waals surface area (Å²) in [6, 6.07) is 7.55. The minimum Gasteiger partial charge on any atom is -0.368 e. The molecule has 4 heteroatoms. The average Bonchev–Trinajstić information content (AvgIpc) is 2.16. The lowest BCUT2D eigenvalue weighted by Gasteiger charge is -2.18. The first-order chi connectivity index (χ1) is 7.04. The van der Waals surface area contributed by atoms with Gasteiger partial charge in [-0.25, -0.2) is 0 Å². The van der Waals surface area contributed by atoms with Crippen LogP contribution in [0.1, 0.15) is 11.1 Å². The summed E-state index contributed by atoms with van der Waals surface area (Å²) in [5.41, 5.74) is 7.42. The highest BCUT2D eigenvalue weighted by atomic mass is 16.1. The normalized spacial score (nSPS) is 9.40. The highest BCUT2D eigenvalue weighted by Crippen LogP contribution is 2.19. The third-order valence-corrected chi connectivity index (χ3v) is 2.08. The molecule has 0 radical (unpaired) electrons. The van der Waals surface area contributed by atoms with Gasteiger partial charge in [0.25, 0.3) is 0 Å². The summed E-state index contributed by atoms with van der Waals surface area (Å²) in [5, 5.41) is 8.90. The molecule has 0 saturated carbocycles. The molecule has 0 heterocycles. The van der Waals surface area contributed by atoms with Gasteiger partial charge in [0.1, 0.15) is 6.07 Å². The van der Waals surface area contributed by atoms with Crippen LogP contribution in [-0.2, 0) is 4.79 Å². The molecular weight excluding hydrogens is 190 g/mol. The Morgan fingerprint density at radius 3 is 2.80 bits per heavy atom. The molecule has 0 atom stereocenters. The number of aryl methyl sites for hydroxylation is 1. The number of nitrogens with zero attached hydrogens (tertiary/aromatic N) is 2. The summed E-state index contributed by atoms with van der Waals surface area (Å²) in [6.07, 6.45) is 0. The molecule has 78 valence electrons. The van der Waals surface area contributed by atoms with Crippen molar-refractivity contribution in [2.45, 2.75) is 6.92 Å². The second kappa shape index (κ2) is 4.47. The van der Waals surface area contributed by atoms with Crippen LogP contribution in [0.4, 0.5) is 5.69 Å². The van der Waals surface area contributed by atoms with Crippen LogP contribution in [0.5, 0.6) is 0 Å². The number of hydrogen-bond donors (Lipinski definition) is 1. The number of anilines is 1. The number of amides is 1. The van der Waals surface area contributed by atoms with Crippen LogP contribution in [0.3, 0.4) is 0 Å². The fraction of sp³-hybridized carbons (Fsp3) is 0.273. The summed E-state index contributed by atoms with van der Waals surface area (Å²) in [4.78, 5) is 12.4. The highest BCUT2D eigenvalue weighted by Gasteiger charge is 2.09. The van der Waals surface area contributed by atoms with Crippen molar-refractivity contribution < 1.29 is 4.79 Å². The minimum atomic E-state index is -0.414. The number of benzene rings is 1. The largest absolute Gasteiger partial charge is 0.368 e. The lowest BCUT2D eigenvalue weighted by molar-refractivity contribution is -0.116. The molecule has 0 saturated heterocycles. The third-order valence-electron chi connectivity index (χ3n) is 2.08. The van der Waals surface area contributed by atoms with Crippen molar-refractivity contribution in [1.82, 2.24) is 0 Å². The van der Waals surface area contributed by atoms with E-state index in [-0.39, 0.29) is 6.54 Å². The summed E-state index contributed by atoms with van der Waals surface area (Å²) < 4.78 is 0. The first kappa shape index (κ1) is 11.1. The number of primary amides is 1.